The number of hydrogen-bond donors (Lipinski definition) is 0. The molecule has 0 aromatic carbocycles. The second-order valence-electron chi connectivity index (χ2n) is 20.2. The Bertz CT molecular complexity index is 1440. The third-order valence-electron chi connectivity index (χ3n) is 13.1. The van der Waals surface area contributed by atoms with Crippen molar-refractivity contribution in [2.24, 2.45) is 0 Å². The van der Waals surface area contributed by atoms with Gasteiger partial charge in [-0.1, -0.05) is 279 Å². The van der Waals surface area contributed by atoms with Crippen molar-refractivity contribution in [2.45, 2.75) is 297 Å². The standard InChI is InChI=1S/C67H114O6/c1-4-7-10-13-16-19-22-25-28-31-33-36-39-42-45-48-51-54-57-60-66(69)72-63-64(62-71-65(68)59-56-53-50-47-44-41-38-35-30-27-24-21-18-15-12-9-6-3)73-67(70)61-58-55-52-49-46-43-40-37-34-32-29-26-23-20-17-14-11-8-5-2/h7,10,16,18-19,21,25,27-28,30,33,36,42,45,51,54,64H,4-6,8-9,11-15,17,20,22-24,26,29,31-32,34-35,37-41,43-44,46-50,52-53,55-63H2,1-3H3/b10-7+,19-16+,21-18+,28-25+,30-27+,36-33+,45-42+,54-51+/t64-/m1/s1. The van der Waals surface area contributed by atoms with Crippen LogP contribution in [0.3, 0.4) is 0 Å². The normalized spacial score (nSPS) is 12.8. The van der Waals surface area contributed by atoms with Gasteiger partial charge in [0.25, 0.3) is 0 Å². The first-order chi connectivity index (χ1) is 36.0. The predicted octanol–water partition coefficient (Wildman–Crippen LogP) is 20.9. The molecule has 0 spiro atoms. The molecule has 6 heteroatoms. The summed E-state index contributed by atoms with van der Waals surface area (Å²) in [4.78, 5) is 38.2. The maximum atomic E-state index is 12.9. The Kier molecular flexibility index (Phi) is 57.8. The average molecular weight is 1020 g/mol. The van der Waals surface area contributed by atoms with E-state index in [1.165, 1.54) is 154 Å². The largest absolute Gasteiger partial charge is 0.462 e. The smallest absolute Gasteiger partial charge is 0.306 e. The molecule has 0 unspecified atom stereocenters. The summed E-state index contributed by atoms with van der Waals surface area (Å²) in [6.07, 6.45) is 81.3. The Morgan fingerprint density at radius 2 is 0.562 bits per heavy atom. The van der Waals surface area contributed by atoms with Gasteiger partial charge in [-0.25, -0.2) is 0 Å². The molecule has 0 N–H and O–H groups in total. The molecule has 0 saturated heterocycles. The van der Waals surface area contributed by atoms with Gasteiger partial charge in [0.15, 0.2) is 6.10 Å². The van der Waals surface area contributed by atoms with E-state index in [2.05, 4.69) is 112 Å². The lowest BCUT2D eigenvalue weighted by Crippen LogP contribution is -2.30. The summed E-state index contributed by atoms with van der Waals surface area (Å²) in [5.41, 5.74) is 0. The van der Waals surface area contributed by atoms with Crippen molar-refractivity contribution in [1.29, 1.82) is 0 Å². The van der Waals surface area contributed by atoms with E-state index in [1.54, 1.807) is 0 Å². The van der Waals surface area contributed by atoms with Crippen LogP contribution in [0.4, 0.5) is 0 Å². The second kappa shape index (κ2) is 60.9. The van der Waals surface area contributed by atoms with Crippen LogP contribution in [0, 0.1) is 0 Å². The lowest BCUT2D eigenvalue weighted by Gasteiger charge is -2.18. The molecular formula is C67H114O6. The molecule has 418 valence electrons. The fraction of sp³-hybridized carbons (Fsp3) is 0.716. The van der Waals surface area contributed by atoms with E-state index < -0.39 is 6.10 Å². The van der Waals surface area contributed by atoms with Crippen molar-refractivity contribution in [3.05, 3.63) is 97.2 Å². The molecule has 73 heavy (non-hydrogen) atoms. The topological polar surface area (TPSA) is 78.9 Å². The molecule has 1 atom stereocenters. The van der Waals surface area contributed by atoms with Crippen LogP contribution in [0.25, 0.3) is 0 Å². The van der Waals surface area contributed by atoms with Crippen LogP contribution in [-0.2, 0) is 28.6 Å². The molecule has 0 radical (unpaired) electrons. The Morgan fingerprint density at radius 3 is 0.945 bits per heavy atom. The summed E-state index contributed by atoms with van der Waals surface area (Å²) < 4.78 is 16.8. The zero-order valence-corrected chi connectivity index (χ0v) is 47.9. The third kappa shape index (κ3) is 59.1. The quantitative estimate of drug-likeness (QED) is 0.0261. The minimum absolute atomic E-state index is 0.103. The van der Waals surface area contributed by atoms with Gasteiger partial charge in [-0.15, -0.1) is 0 Å². The molecule has 6 nitrogen and oxygen atoms in total. The first kappa shape index (κ1) is 69.3. The monoisotopic (exact) mass is 1010 g/mol. The molecule has 0 aliphatic heterocycles. The maximum Gasteiger partial charge on any atom is 0.306 e. The molecular weight excluding hydrogens is 901 g/mol. The average Bonchev–Trinajstić information content (AvgIpc) is 3.39. The molecule has 0 bridgehead atoms. The number of carbonyl (C=O) groups excluding carboxylic acids is 3. The summed E-state index contributed by atoms with van der Waals surface area (Å²) in [7, 11) is 0. The van der Waals surface area contributed by atoms with E-state index in [-0.39, 0.29) is 37.5 Å². The highest BCUT2D eigenvalue weighted by molar-refractivity contribution is 5.71. The lowest BCUT2D eigenvalue weighted by atomic mass is 10.0. The van der Waals surface area contributed by atoms with Crippen LogP contribution >= 0.6 is 0 Å². The van der Waals surface area contributed by atoms with Gasteiger partial charge in [0.1, 0.15) is 13.2 Å². The van der Waals surface area contributed by atoms with Crippen LogP contribution in [0.1, 0.15) is 290 Å². The highest BCUT2D eigenvalue weighted by Crippen LogP contribution is 2.16. The number of rotatable bonds is 55. The van der Waals surface area contributed by atoms with Crippen LogP contribution in [0.5, 0.6) is 0 Å². The summed E-state index contributed by atoms with van der Waals surface area (Å²) in [6.45, 7) is 6.46. The maximum absolute atomic E-state index is 12.9. The van der Waals surface area contributed by atoms with Crippen LogP contribution in [0.15, 0.2) is 97.2 Å². The van der Waals surface area contributed by atoms with Crippen molar-refractivity contribution in [3.8, 4) is 0 Å². The fourth-order valence-electron chi connectivity index (χ4n) is 8.50. The highest BCUT2D eigenvalue weighted by Gasteiger charge is 2.19. The van der Waals surface area contributed by atoms with Crippen LogP contribution in [0.2, 0.25) is 0 Å². The minimum Gasteiger partial charge on any atom is -0.462 e. The molecule has 0 amide bonds. The molecule has 0 aliphatic carbocycles. The van der Waals surface area contributed by atoms with E-state index in [0.717, 1.165) is 89.9 Å². The van der Waals surface area contributed by atoms with Gasteiger partial charge in [0.2, 0.25) is 0 Å². The van der Waals surface area contributed by atoms with Gasteiger partial charge in [0.05, 0.1) is 0 Å². The van der Waals surface area contributed by atoms with Gasteiger partial charge in [-0.2, -0.15) is 0 Å². The molecule has 0 aromatic heterocycles. The molecule has 0 rings (SSSR count). The summed E-state index contributed by atoms with van der Waals surface area (Å²) in [5.74, 6) is -0.988. The second-order valence-corrected chi connectivity index (χ2v) is 20.2. The van der Waals surface area contributed by atoms with Gasteiger partial charge in [-0.05, 0) is 89.9 Å². The zero-order chi connectivity index (χ0) is 52.9. The Morgan fingerprint density at radius 1 is 0.288 bits per heavy atom. The van der Waals surface area contributed by atoms with Crippen LogP contribution in [-0.4, -0.2) is 37.2 Å². The van der Waals surface area contributed by atoms with Crippen LogP contribution < -0.4 is 0 Å². The number of unbranched alkanes of at least 4 members (excludes halogenated alkanes) is 28. The number of hydrogen-bond acceptors (Lipinski definition) is 6. The van der Waals surface area contributed by atoms with E-state index >= 15 is 0 Å². The minimum atomic E-state index is -0.812. The fourth-order valence-corrected chi connectivity index (χ4v) is 8.50. The van der Waals surface area contributed by atoms with Gasteiger partial charge in [0, 0.05) is 19.3 Å². The van der Waals surface area contributed by atoms with Crippen molar-refractivity contribution in [3.63, 3.8) is 0 Å². The summed E-state index contributed by atoms with van der Waals surface area (Å²) in [5, 5.41) is 0. The van der Waals surface area contributed by atoms with E-state index in [0.29, 0.717) is 19.3 Å². The summed E-state index contributed by atoms with van der Waals surface area (Å²) >= 11 is 0. The number of allylic oxidation sites excluding steroid dienone is 16. The number of ether oxygens (including phenoxy) is 3. The molecule has 0 saturated carbocycles. The molecule has 0 aliphatic rings. The van der Waals surface area contributed by atoms with Gasteiger partial charge >= 0.3 is 17.9 Å². The number of carbonyl (C=O) groups is 3. The summed E-state index contributed by atoms with van der Waals surface area (Å²) in [6, 6.07) is 0. The predicted molar refractivity (Wildman–Crippen MR) is 316 cm³/mol. The molecule has 0 heterocycles. The van der Waals surface area contributed by atoms with Gasteiger partial charge < -0.3 is 14.2 Å². The van der Waals surface area contributed by atoms with Crippen molar-refractivity contribution < 1.29 is 28.6 Å². The van der Waals surface area contributed by atoms with Crippen molar-refractivity contribution in [1.82, 2.24) is 0 Å². The van der Waals surface area contributed by atoms with Gasteiger partial charge in [-0.3, -0.25) is 14.4 Å². The first-order valence-electron chi connectivity index (χ1n) is 30.7. The lowest BCUT2D eigenvalue weighted by molar-refractivity contribution is -0.166. The highest BCUT2D eigenvalue weighted by atomic mass is 16.6. The van der Waals surface area contributed by atoms with Crippen molar-refractivity contribution in [2.75, 3.05) is 13.2 Å². The Balaban J connectivity index is 4.48. The first-order valence-corrected chi connectivity index (χ1v) is 30.7. The van der Waals surface area contributed by atoms with E-state index in [1.807, 2.05) is 6.08 Å². The zero-order valence-electron chi connectivity index (χ0n) is 47.9. The molecule has 0 fully saturated rings. The molecule has 0 aromatic rings. The number of esters is 3. The van der Waals surface area contributed by atoms with Crippen molar-refractivity contribution >= 4 is 17.9 Å². The van der Waals surface area contributed by atoms with E-state index in [9.17, 15) is 14.4 Å². The third-order valence-corrected chi connectivity index (χ3v) is 13.1. The Hall–Kier alpha value is -3.67. The van der Waals surface area contributed by atoms with E-state index in [4.69, 9.17) is 14.2 Å². The Labute approximate surface area is 451 Å². The SMILES string of the molecule is CC/C=C/C/C=C/C/C=C/C/C=C/C/C=C/C/C=C/CCC(=O)OC[C@@H](COC(=O)CCCCCCCCC/C=C/C/C=C/CCCCC)OC(=O)CCCCCCCCCCCCCCCCCCCCC.